The molecule has 0 unspecified atom stereocenters. The second-order valence-electron chi connectivity index (χ2n) is 6.44. The first-order valence-corrected chi connectivity index (χ1v) is 10.5. The molecule has 1 amide bonds. The van der Waals surface area contributed by atoms with E-state index in [2.05, 4.69) is 5.32 Å². The van der Waals surface area contributed by atoms with Crippen LogP contribution < -0.4 is 9.62 Å². The quantitative estimate of drug-likeness (QED) is 0.693. The summed E-state index contributed by atoms with van der Waals surface area (Å²) in [4.78, 5) is 12.5. The predicted octanol–water partition coefficient (Wildman–Crippen LogP) is 4.34. The maximum Gasteiger partial charge on any atom is 0.264 e. The fourth-order valence-electron chi connectivity index (χ4n) is 3.23. The monoisotopic (exact) mass is 412 g/mol. The number of hydrogen-bond donors (Lipinski definition) is 1. The summed E-state index contributed by atoms with van der Waals surface area (Å²) in [6.45, 7) is 0.426. The highest BCUT2D eigenvalue weighted by molar-refractivity contribution is 7.92. The number of nitrogens with zero attached hydrogens (tertiary/aromatic N) is 1. The number of fused-ring (bicyclic) bond motifs is 1. The Morgan fingerprint density at radius 3 is 2.46 bits per heavy atom. The smallest absolute Gasteiger partial charge is 0.264 e. The van der Waals surface area contributed by atoms with Crippen molar-refractivity contribution >= 4 is 38.9 Å². The maximum atomic E-state index is 13.0. The molecule has 4 rings (SSSR count). The molecule has 1 aliphatic heterocycles. The third kappa shape index (κ3) is 3.48. The first kappa shape index (κ1) is 18.5. The number of rotatable bonds is 4. The van der Waals surface area contributed by atoms with Gasteiger partial charge in [-0.1, -0.05) is 35.9 Å². The lowest BCUT2D eigenvalue weighted by Crippen LogP contribution is -2.29. The van der Waals surface area contributed by atoms with Gasteiger partial charge in [-0.25, -0.2) is 8.42 Å². The molecule has 1 aliphatic rings. The molecule has 3 aromatic carbocycles. The van der Waals surface area contributed by atoms with Crippen LogP contribution in [0.2, 0.25) is 5.02 Å². The Balaban J connectivity index is 1.54. The molecule has 0 aromatic heterocycles. The molecule has 1 heterocycles. The van der Waals surface area contributed by atoms with Crippen molar-refractivity contribution in [3.8, 4) is 0 Å². The molecule has 0 atom stereocenters. The number of carbonyl (C=O) groups excluding carboxylic acids is 1. The van der Waals surface area contributed by atoms with Crippen molar-refractivity contribution in [3.63, 3.8) is 0 Å². The van der Waals surface area contributed by atoms with Gasteiger partial charge in [-0.05, 0) is 60.5 Å². The molecule has 0 fully saturated rings. The van der Waals surface area contributed by atoms with Crippen LogP contribution in [0, 0.1) is 0 Å². The maximum absolute atomic E-state index is 13.0. The third-order valence-corrected chi connectivity index (χ3v) is 6.69. The van der Waals surface area contributed by atoms with Crippen molar-refractivity contribution < 1.29 is 13.2 Å². The van der Waals surface area contributed by atoms with Gasteiger partial charge in [0.25, 0.3) is 15.9 Å². The Hall–Kier alpha value is -2.83. The van der Waals surface area contributed by atoms with E-state index in [1.54, 1.807) is 36.4 Å². The standard InChI is InChI=1S/C21H17ClN2O3S/c22-17-6-3-5-16(14-17)21(25)23-18-8-10-19(11-9-18)28(26,27)24-13-12-15-4-1-2-7-20(15)24/h1-11,14H,12-13H2,(H,23,25). The van der Waals surface area contributed by atoms with Crippen molar-refractivity contribution in [3.05, 3.63) is 88.9 Å². The van der Waals surface area contributed by atoms with Crippen LogP contribution in [0.25, 0.3) is 0 Å². The number of para-hydroxylation sites is 1. The molecule has 0 saturated carbocycles. The van der Waals surface area contributed by atoms with E-state index in [9.17, 15) is 13.2 Å². The lowest BCUT2D eigenvalue weighted by atomic mass is 10.2. The number of carbonyl (C=O) groups is 1. The zero-order valence-electron chi connectivity index (χ0n) is 14.8. The van der Waals surface area contributed by atoms with Gasteiger partial charge in [0.15, 0.2) is 0 Å². The molecule has 0 saturated heterocycles. The first-order valence-electron chi connectivity index (χ1n) is 8.73. The molecule has 0 radical (unpaired) electrons. The number of halogens is 1. The Morgan fingerprint density at radius 2 is 1.71 bits per heavy atom. The largest absolute Gasteiger partial charge is 0.322 e. The average molecular weight is 413 g/mol. The van der Waals surface area contributed by atoms with Crippen molar-refractivity contribution in [1.29, 1.82) is 0 Å². The fourth-order valence-corrected chi connectivity index (χ4v) is 4.92. The average Bonchev–Trinajstić information content (AvgIpc) is 3.13. The molecular formula is C21H17ClN2O3S. The van der Waals surface area contributed by atoms with Gasteiger partial charge in [-0.2, -0.15) is 0 Å². The third-order valence-electron chi connectivity index (χ3n) is 4.63. The van der Waals surface area contributed by atoms with E-state index in [-0.39, 0.29) is 10.8 Å². The predicted molar refractivity (Wildman–Crippen MR) is 111 cm³/mol. The minimum atomic E-state index is -3.65. The molecule has 0 bridgehead atoms. The number of nitrogens with one attached hydrogen (secondary N) is 1. The second-order valence-corrected chi connectivity index (χ2v) is 8.74. The zero-order valence-corrected chi connectivity index (χ0v) is 16.4. The van der Waals surface area contributed by atoms with E-state index in [0.29, 0.717) is 29.2 Å². The number of amides is 1. The minimum absolute atomic E-state index is 0.185. The normalized spacial score (nSPS) is 13.2. The molecule has 5 nitrogen and oxygen atoms in total. The molecule has 3 aromatic rings. The zero-order chi connectivity index (χ0) is 19.7. The Morgan fingerprint density at radius 1 is 0.964 bits per heavy atom. The summed E-state index contributed by atoms with van der Waals surface area (Å²) in [5, 5.41) is 3.22. The van der Waals surface area contributed by atoms with Crippen LogP contribution in [0.3, 0.4) is 0 Å². The highest BCUT2D eigenvalue weighted by atomic mass is 35.5. The van der Waals surface area contributed by atoms with Gasteiger partial charge in [0.1, 0.15) is 0 Å². The minimum Gasteiger partial charge on any atom is -0.322 e. The number of hydrogen-bond acceptors (Lipinski definition) is 3. The van der Waals surface area contributed by atoms with E-state index >= 15 is 0 Å². The lowest BCUT2D eigenvalue weighted by molar-refractivity contribution is 0.102. The summed E-state index contributed by atoms with van der Waals surface area (Å²) in [5.41, 5.74) is 2.68. The van der Waals surface area contributed by atoms with Gasteiger partial charge in [0, 0.05) is 22.8 Å². The molecule has 0 spiro atoms. The van der Waals surface area contributed by atoms with Crippen LogP contribution in [-0.4, -0.2) is 20.9 Å². The Bertz CT molecular complexity index is 1140. The van der Waals surface area contributed by atoms with E-state index in [1.807, 2.05) is 24.3 Å². The van der Waals surface area contributed by atoms with Crippen LogP contribution >= 0.6 is 11.6 Å². The van der Waals surface area contributed by atoms with Gasteiger partial charge in [-0.15, -0.1) is 0 Å². The van der Waals surface area contributed by atoms with Gasteiger partial charge in [0.2, 0.25) is 0 Å². The van der Waals surface area contributed by atoms with E-state index in [4.69, 9.17) is 11.6 Å². The van der Waals surface area contributed by atoms with Gasteiger partial charge in [-0.3, -0.25) is 9.10 Å². The molecule has 28 heavy (non-hydrogen) atoms. The Labute approximate surface area is 168 Å². The summed E-state index contributed by atoms with van der Waals surface area (Å²) < 4.78 is 27.5. The summed E-state index contributed by atoms with van der Waals surface area (Å²) in [7, 11) is -3.65. The van der Waals surface area contributed by atoms with Crippen molar-refractivity contribution in [2.45, 2.75) is 11.3 Å². The molecule has 142 valence electrons. The van der Waals surface area contributed by atoms with E-state index < -0.39 is 10.0 Å². The van der Waals surface area contributed by atoms with Crippen LogP contribution in [0.15, 0.2) is 77.7 Å². The molecule has 0 aliphatic carbocycles. The number of anilines is 2. The SMILES string of the molecule is O=C(Nc1ccc(S(=O)(=O)N2CCc3ccccc32)cc1)c1cccc(Cl)c1. The van der Waals surface area contributed by atoms with Gasteiger partial charge < -0.3 is 5.32 Å². The van der Waals surface area contributed by atoms with Crippen LogP contribution in [0.5, 0.6) is 0 Å². The molecular weight excluding hydrogens is 396 g/mol. The van der Waals surface area contributed by atoms with Crippen molar-refractivity contribution in [2.75, 3.05) is 16.2 Å². The summed E-state index contributed by atoms with van der Waals surface area (Å²) >= 11 is 5.91. The van der Waals surface area contributed by atoms with Crippen LogP contribution in [-0.2, 0) is 16.4 Å². The first-order chi connectivity index (χ1) is 13.4. The molecule has 1 N–H and O–H groups in total. The fraction of sp³-hybridized carbons (Fsp3) is 0.0952. The second kappa shape index (κ2) is 7.30. The van der Waals surface area contributed by atoms with Crippen LogP contribution in [0.1, 0.15) is 15.9 Å². The van der Waals surface area contributed by atoms with Crippen molar-refractivity contribution in [2.24, 2.45) is 0 Å². The highest BCUT2D eigenvalue weighted by Gasteiger charge is 2.30. The van der Waals surface area contributed by atoms with E-state index in [0.717, 1.165) is 11.3 Å². The Kier molecular flexibility index (Phi) is 4.83. The summed E-state index contributed by atoms with van der Waals surface area (Å²) in [5.74, 6) is -0.313. The highest BCUT2D eigenvalue weighted by Crippen LogP contribution is 2.32. The van der Waals surface area contributed by atoms with Crippen molar-refractivity contribution in [1.82, 2.24) is 0 Å². The number of sulfonamides is 1. The topological polar surface area (TPSA) is 66.5 Å². The lowest BCUT2D eigenvalue weighted by Gasteiger charge is -2.19. The van der Waals surface area contributed by atoms with Crippen LogP contribution in [0.4, 0.5) is 11.4 Å². The summed E-state index contributed by atoms with van der Waals surface area (Å²) in [6, 6.07) is 20.3. The summed E-state index contributed by atoms with van der Waals surface area (Å²) in [6.07, 6.45) is 0.698. The number of benzene rings is 3. The van der Waals surface area contributed by atoms with E-state index in [1.165, 1.54) is 16.4 Å². The van der Waals surface area contributed by atoms with Gasteiger partial charge in [0.05, 0.1) is 10.6 Å². The molecule has 7 heteroatoms. The van der Waals surface area contributed by atoms with Gasteiger partial charge >= 0.3 is 0 Å².